The lowest BCUT2D eigenvalue weighted by Crippen LogP contribution is -2.12. The molecule has 2 rings (SSSR count). The van der Waals surface area contributed by atoms with Gasteiger partial charge in [-0.15, -0.1) is 0 Å². The number of rotatable bonds is 5. The van der Waals surface area contributed by atoms with Crippen molar-refractivity contribution in [1.82, 2.24) is 0 Å². The number of para-hydroxylation sites is 1. The summed E-state index contributed by atoms with van der Waals surface area (Å²) in [6.07, 6.45) is 0. The summed E-state index contributed by atoms with van der Waals surface area (Å²) in [7, 11) is 4.01. The van der Waals surface area contributed by atoms with E-state index in [9.17, 15) is 0 Å². The first-order valence-corrected chi connectivity index (χ1v) is 7.65. The van der Waals surface area contributed by atoms with E-state index in [4.69, 9.17) is 11.6 Å². The van der Waals surface area contributed by atoms with Gasteiger partial charge in [0.1, 0.15) is 0 Å². The molecular formula is C18H23ClN2. The van der Waals surface area contributed by atoms with Gasteiger partial charge in [0, 0.05) is 20.6 Å². The van der Waals surface area contributed by atoms with Gasteiger partial charge in [-0.2, -0.15) is 0 Å². The predicted octanol–water partition coefficient (Wildman–Crippen LogP) is 5.14. The molecule has 0 amide bonds. The molecule has 0 heterocycles. The van der Waals surface area contributed by atoms with Crippen LogP contribution < -0.4 is 10.2 Å². The molecule has 0 atom stereocenters. The highest BCUT2D eigenvalue weighted by Crippen LogP contribution is 2.32. The lowest BCUT2D eigenvalue weighted by molar-refractivity contribution is 0.865. The van der Waals surface area contributed by atoms with Gasteiger partial charge < -0.3 is 10.2 Å². The van der Waals surface area contributed by atoms with Crippen LogP contribution in [0.15, 0.2) is 42.5 Å². The molecule has 0 unspecified atom stereocenters. The third-order valence-corrected chi connectivity index (χ3v) is 3.87. The van der Waals surface area contributed by atoms with Gasteiger partial charge in [-0.3, -0.25) is 0 Å². The van der Waals surface area contributed by atoms with Crippen LogP contribution in [0.5, 0.6) is 0 Å². The van der Waals surface area contributed by atoms with Crippen LogP contribution in [0.1, 0.15) is 30.9 Å². The van der Waals surface area contributed by atoms with Crippen molar-refractivity contribution in [3.63, 3.8) is 0 Å². The van der Waals surface area contributed by atoms with E-state index in [-0.39, 0.29) is 0 Å². The normalized spacial score (nSPS) is 10.8. The van der Waals surface area contributed by atoms with E-state index in [0.717, 1.165) is 22.9 Å². The molecule has 0 radical (unpaired) electrons. The minimum Gasteiger partial charge on any atom is -0.379 e. The van der Waals surface area contributed by atoms with Crippen LogP contribution in [-0.2, 0) is 6.54 Å². The van der Waals surface area contributed by atoms with Crippen molar-refractivity contribution in [3.05, 3.63) is 58.6 Å². The molecule has 2 aromatic carbocycles. The largest absolute Gasteiger partial charge is 0.379 e. The summed E-state index contributed by atoms with van der Waals surface area (Å²) in [4.78, 5) is 2.03. The fourth-order valence-electron chi connectivity index (χ4n) is 2.33. The van der Waals surface area contributed by atoms with E-state index in [1.54, 1.807) is 0 Å². The molecule has 0 fully saturated rings. The summed E-state index contributed by atoms with van der Waals surface area (Å²) < 4.78 is 0. The van der Waals surface area contributed by atoms with Crippen LogP contribution in [0.4, 0.5) is 11.4 Å². The molecule has 0 spiro atoms. The Morgan fingerprint density at radius 3 is 2.29 bits per heavy atom. The van der Waals surface area contributed by atoms with Crippen LogP contribution >= 0.6 is 11.6 Å². The zero-order valence-electron chi connectivity index (χ0n) is 13.2. The molecule has 2 nitrogen and oxygen atoms in total. The maximum absolute atomic E-state index is 6.28. The van der Waals surface area contributed by atoms with Crippen molar-refractivity contribution in [2.24, 2.45) is 0 Å². The summed E-state index contributed by atoms with van der Waals surface area (Å²) in [5.41, 5.74) is 4.72. The molecule has 1 N–H and O–H groups in total. The monoisotopic (exact) mass is 302 g/mol. The molecule has 0 bridgehead atoms. The molecule has 0 aliphatic carbocycles. The molecule has 0 aliphatic rings. The molecule has 0 saturated carbocycles. The summed E-state index contributed by atoms with van der Waals surface area (Å²) in [6, 6.07) is 14.7. The highest BCUT2D eigenvalue weighted by molar-refractivity contribution is 6.34. The Bertz CT molecular complexity index is 589. The zero-order chi connectivity index (χ0) is 15.4. The fourth-order valence-corrected chi connectivity index (χ4v) is 2.67. The lowest BCUT2D eigenvalue weighted by atomic mass is 10.0. The Morgan fingerprint density at radius 2 is 1.71 bits per heavy atom. The highest BCUT2D eigenvalue weighted by Gasteiger charge is 2.08. The van der Waals surface area contributed by atoms with Gasteiger partial charge in [0.25, 0.3) is 0 Å². The number of nitrogens with one attached hydrogen (secondary N) is 1. The highest BCUT2D eigenvalue weighted by atomic mass is 35.5. The second-order valence-corrected chi connectivity index (χ2v) is 6.19. The van der Waals surface area contributed by atoms with Crippen molar-refractivity contribution < 1.29 is 0 Å². The number of anilines is 2. The van der Waals surface area contributed by atoms with Gasteiger partial charge in [0.2, 0.25) is 0 Å². The average Bonchev–Trinajstić information content (AvgIpc) is 2.45. The fraction of sp³-hybridized carbons (Fsp3) is 0.333. The first-order chi connectivity index (χ1) is 9.99. The third-order valence-electron chi connectivity index (χ3n) is 3.56. The Balaban J connectivity index is 2.11. The molecule has 0 aliphatic heterocycles. The number of benzene rings is 2. The van der Waals surface area contributed by atoms with Gasteiger partial charge in [-0.25, -0.2) is 0 Å². The quantitative estimate of drug-likeness (QED) is 0.822. The minimum atomic E-state index is 0.570. The van der Waals surface area contributed by atoms with Gasteiger partial charge in [0.15, 0.2) is 0 Å². The van der Waals surface area contributed by atoms with E-state index in [1.165, 1.54) is 11.1 Å². The van der Waals surface area contributed by atoms with E-state index in [1.807, 2.05) is 31.1 Å². The second-order valence-electron chi connectivity index (χ2n) is 5.78. The Morgan fingerprint density at radius 1 is 1.05 bits per heavy atom. The molecule has 21 heavy (non-hydrogen) atoms. The van der Waals surface area contributed by atoms with Gasteiger partial charge in [-0.05, 0) is 29.2 Å². The minimum absolute atomic E-state index is 0.570. The summed E-state index contributed by atoms with van der Waals surface area (Å²) >= 11 is 6.28. The predicted molar refractivity (Wildman–Crippen MR) is 93.6 cm³/mol. The third kappa shape index (κ3) is 3.92. The van der Waals surface area contributed by atoms with Crippen LogP contribution in [0.25, 0.3) is 0 Å². The van der Waals surface area contributed by atoms with Crippen molar-refractivity contribution in [2.45, 2.75) is 26.3 Å². The SMILES string of the molecule is CC(C)c1ccc(CNc2cccc(Cl)c2N(C)C)cc1. The molecule has 0 aromatic heterocycles. The number of halogens is 1. The van der Waals surface area contributed by atoms with Crippen molar-refractivity contribution in [2.75, 3.05) is 24.3 Å². The van der Waals surface area contributed by atoms with Crippen molar-refractivity contribution >= 4 is 23.0 Å². The Labute approximate surface area is 132 Å². The first kappa shape index (κ1) is 15.7. The van der Waals surface area contributed by atoms with Gasteiger partial charge in [0.05, 0.1) is 16.4 Å². The van der Waals surface area contributed by atoms with Gasteiger partial charge >= 0.3 is 0 Å². The van der Waals surface area contributed by atoms with Gasteiger partial charge in [-0.1, -0.05) is 55.8 Å². The second kappa shape index (κ2) is 6.86. The molecule has 0 saturated heterocycles. The van der Waals surface area contributed by atoms with E-state index < -0.39 is 0 Å². The maximum Gasteiger partial charge on any atom is 0.0786 e. The average molecular weight is 303 g/mol. The lowest BCUT2D eigenvalue weighted by Gasteiger charge is -2.20. The Kier molecular flexibility index (Phi) is 5.13. The molecule has 2 aromatic rings. The molecular weight excluding hydrogens is 280 g/mol. The molecule has 112 valence electrons. The standard InChI is InChI=1S/C18H23ClN2/c1-13(2)15-10-8-14(9-11-15)12-20-17-7-5-6-16(19)18(17)21(3)4/h5-11,13,20H,12H2,1-4H3. The van der Waals surface area contributed by atoms with Crippen LogP contribution in [0.2, 0.25) is 5.02 Å². The number of nitrogens with zero attached hydrogens (tertiary/aromatic N) is 1. The summed E-state index contributed by atoms with van der Waals surface area (Å²) in [6.45, 7) is 5.21. The summed E-state index contributed by atoms with van der Waals surface area (Å²) in [5, 5.41) is 4.24. The molecule has 3 heteroatoms. The smallest absolute Gasteiger partial charge is 0.0786 e. The maximum atomic E-state index is 6.28. The zero-order valence-corrected chi connectivity index (χ0v) is 13.9. The van der Waals surface area contributed by atoms with E-state index in [2.05, 4.69) is 49.5 Å². The topological polar surface area (TPSA) is 15.3 Å². The number of hydrogen-bond acceptors (Lipinski definition) is 2. The van der Waals surface area contributed by atoms with E-state index >= 15 is 0 Å². The Hall–Kier alpha value is -1.67. The van der Waals surface area contributed by atoms with Crippen LogP contribution in [0.3, 0.4) is 0 Å². The van der Waals surface area contributed by atoms with E-state index in [0.29, 0.717) is 5.92 Å². The van der Waals surface area contributed by atoms with Crippen molar-refractivity contribution in [3.8, 4) is 0 Å². The summed E-state index contributed by atoms with van der Waals surface area (Å²) in [5.74, 6) is 0.570. The first-order valence-electron chi connectivity index (χ1n) is 7.27. The van der Waals surface area contributed by atoms with Crippen LogP contribution in [0, 0.1) is 0 Å². The van der Waals surface area contributed by atoms with Crippen LogP contribution in [-0.4, -0.2) is 14.1 Å². The number of hydrogen-bond donors (Lipinski definition) is 1. The van der Waals surface area contributed by atoms with Crippen molar-refractivity contribution in [1.29, 1.82) is 0 Å².